The largest absolute Gasteiger partial charge is 0.573 e. The molecule has 0 aliphatic heterocycles. The van der Waals surface area contributed by atoms with Crippen molar-refractivity contribution in [1.29, 1.82) is 0 Å². The molecule has 2 rings (SSSR count). The van der Waals surface area contributed by atoms with E-state index in [1.54, 1.807) is 0 Å². The van der Waals surface area contributed by atoms with E-state index in [0.717, 1.165) is 35.9 Å². The molecule has 8 nitrogen and oxygen atoms in total. The number of rotatable bonds is 5. The van der Waals surface area contributed by atoms with Gasteiger partial charge in [0.1, 0.15) is 11.6 Å². The normalized spacial score (nSPS) is 12.6. The van der Waals surface area contributed by atoms with Gasteiger partial charge in [0.05, 0.1) is 5.56 Å². The molecule has 1 heterocycles. The molecule has 0 aliphatic rings. The fraction of sp³-hybridized carbons (Fsp3) is 0.286. The monoisotopic (exact) mass is 447 g/mol. The van der Waals surface area contributed by atoms with Crippen LogP contribution in [-0.2, 0) is 17.2 Å². The van der Waals surface area contributed by atoms with Crippen LogP contribution in [0.2, 0.25) is 0 Å². The SMILES string of the molecule is Cc1c(OS(=O)(=O)C(F)(F)F)nn(C)c1NC(=O)c1ccc(OC(F)(F)F)cc1. The molecule has 0 bridgehead atoms. The van der Waals surface area contributed by atoms with Crippen molar-refractivity contribution in [3.8, 4) is 11.6 Å². The molecule has 1 N–H and O–H groups in total. The van der Waals surface area contributed by atoms with Crippen LogP contribution in [0, 0.1) is 6.92 Å². The third-order valence-electron chi connectivity index (χ3n) is 3.29. The van der Waals surface area contributed by atoms with Crippen molar-refractivity contribution in [2.45, 2.75) is 18.8 Å². The van der Waals surface area contributed by atoms with E-state index in [0.29, 0.717) is 0 Å². The van der Waals surface area contributed by atoms with Gasteiger partial charge in [-0.2, -0.15) is 21.6 Å². The number of hydrogen-bond donors (Lipinski definition) is 1. The Morgan fingerprint density at radius 1 is 1.10 bits per heavy atom. The Kier molecular flexibility index (Phi) is 5.74. The number of carbonyl (C=O) groups excluding carboxylic acids is 1. The number of halogens is 6. The summed E-state index contributed by atoms with van der Waals surface area (Å²) in [6.45, 7) is 1.14. The molecule has 1 amide bonds. The zero-order chi connectivity index (χ0) is 22.2. The van der Waals surface area contributed by atoms with Crippen molar-refractivity contribution in [1.82, 2.24) is 9.78 Å². The predicted octanol–water partition coefficient (Wildman–Crippen LogP) is 3.11. The second kappa shape index (κ2) is 7.46. The molecular formula is C14H11F6N3O5S. The molecule has 0 saturated heterocycles. The smallest absolute Gasteiger partial charge is 0.406 e. The van der Waals surface area contributed by atoms with Crippen molar-refractivity contribution in [2.75, 3.05) is 5.32 Å². The lowest BCUT2D eigenvalue weighted by molar-refractivity contribution is -0.274. The number of hydrogen-bond acceptors (Lipinski definition) is 6. The van der Waals surface area contributed by atoms with Crippen LogP contribution in [-0.4, -0.2) is 36.0 Å². The van der Waals surface area contributed by atoms with Crippen LogP contribution < -0.4 is 14.2 Å². The van der Waals surface area contributed by atoms with Gasteiger partial charge in [0.25, 0.3) is 11.8 Å². The van der Waals surface area contributed by atoms with Crippen LogP contribution in [0.5, 0.6) is 11.6 Å². The van der Waals surface area contributed by atoms with Crippen molar-refractivity contribution in [2.24, 2.45) is 7.05 Å². The van der Waals surface area contributed by atoms with Crippen LogP contribution >= 0.6 is 0 Å². The summed E-state index contributed by atoms with van der Waals surface area (Å²) >= 11 is 0. The van der Waals surface area contributed by atoms with Crippen molar-refractivity contribution in [3.63, 3.8) is 0 Å². The second-order valence-corrected chi connectivity index (χ2v) is 6.95. The number of alkyl halides is 6. The Morgan fingerprint density at radius 3 is 2.14 bits per heavy atom. The number of amides is 1. The van der Waals surface area contributed by atoms with E-state index in [1.807, 2.05) is 0 Å². The van der Waals surface area contributed by atoms with E-state index < -0.39 is 39.5 Å². The average Bonchev–Trinajstić information content (AvgIpc) is 2.80. The number of nitrogens with zero attached hydrogens (tertiary/aromatic N) is 2. The van der Waals surface area contributed by atoms with E-state index in [1.165, 1.54) is 7.05 Å². The fourth-order valence-electron chi connectivity index (χ4n) is 2.00. The molecule has 0 fully saturated rings. The van der Waals surface area contributed by atoms with Gasteiger partial charge in [0.2, 0.25) is 0 Å². The van der Waals surface area contributed by atoms with E-state index in [9.17, 15) is 39.6 Å². The summed E-state index contributed by atoms with van der Waals surface area (Å²) in [6.07, 6.45) is -4.91. The van der Waals surface area contributed by atoms with Crippen molar-refractivity contribution >= 4 is 21.8 Å². The Balaban J connectivity index is 2.20. The molecule has 160 valence electrons. The number of aryl methyl sites for hydroxylation is 1. The van der Waals surface area contributed by atoms with Gasteiger partial charge in [-0.05, 0) is 31.2 Å². The highest BCUT2D eigenvalue weighted by Crippen LogP contribution is 2.31. The molecule has 0 aliphatic carbocycles. The minimum Gasteiger partial charge on any atom is -0.406 e. The summed E-state index contributed by atoms with van der Waals surface area (Å²) in [6, 6.07) is 3.77. The Bertz CT molecular complexity index is 1010. The predicted molar refractivity (Wildman–Crippen MR) is 84.6 cm³/mol. The van der Waals surface area contributed by atoms with Gasteiger partial charge in [-0.15, -0.1) is 18.3 Å². The zero-order valence-corrected chi connectivity index (χ0v) is 15.2. The summed E-state index contributed by atoms with van der Waals surface area (Å²) in [7, 11) is -4.78. The number of nitrogens with one attached hydrogen (secondary N) is 1. The topological polar surface area (TPSA) is 99.5 Å². The van der Waals surface area contributed by atoms with Gasteiger partial charge in [0.15, 0.2) is 0 Å². The lowest BCUT2D eigenvalue weighted by Crippen LogP contribution is -2.28. The highest BCUT2D eigenvalue weighted by atomic mass is 32.2. The molecule has 1 aromatic carbocycles. The number of aromatic nitrogens is 2. The summed E-state index contributed by atoms with van der Waals surface area (Å²) < 4.78 is 104. The zero-order valence-electron chi connectivity index (χ0n) is 14.4. The first kappa shape index (κ1) is 22.3. The number of carbonyl (C=O) groups is 1. The van der Waals surface area contributed by atoms with E-state index in [-0.39, 0.29) is 16.9 Å². The quantitative estimate of drug-likeness (QED) is 0.430. The van der Waals surface area contributed by atoms with Crippen LogP contribution in [0.1, 0.15) is 15.9 Å². The van der Waals surface area contributed by atoms with Gasteiger partial charge in [-0.25, -0.2) is 4.68 Å². The summed E-state index contributed by atoms with van der Waals surface area (Å²) in [4.78, 5) is 12.2. The highest BCUT2D eigenvalue weighted by Gasteiger charge is 2.49. The number of benzene rings is 1. The Labute approximate surface area is 159 Å². The maximum Gasteiger partial charge on any atom is 0.573 e. The first-order valence-electron chi connectivity index (χ1n) is 7.32. The summed E-state index contributed by atoms with van der Waals surface area (Å²) in [5.74, 6) is -2.54. The first-order valence-corrected chi connectivity index (χ1v) is 8.73. The molecule has 0 atom stereocenters. The average molecular weight is 447 g/mol. The Hall–Kier alpha value is -2.97. The number of anilines is 1. The van der Waals surface area contributed by atoms with Crippen LogP contribution in [0.3, 0.4) is 0 Å². The second-order valence-electron chi connectivity index (χ2n) is 5.41. The van der Waals surface area contributed by atoms with Gasteiger partial charge in [0, 0.05) is 12.6 Å². The van der Waals surface area contributed by atoms with Gasteiger partial charge < -0.3 is 14.2 Å². The molecule has 0 unspecified atom stereocenters. The fourth-order valence-corrected chi connectivity index (χ4v) is 2.46. The summed E-state index contributed by atoms with van der Waals surface area (Å²) in [5.41, 5.74) is -6.03. The summed E-state index contributed by atoms with van der Waals surface area (Å²) in [5, 5.41) is 5.72. The molecule has 1 aromatic heterocycles. The molecule has 0 radical (unpaired) electrons. The van der Waals surface area contributed by atoms with Crippen molar-refractivity contribution < 1.29 is 48.5 Å². The number of ether oxygens (including phenoxy) is 1. The van der Waals surface area contributed by atoms with Crippen molar-refractivity contribution in [3.05, 3.63) is 35.4 Å². The molecule has 0 saturated carbocycles. The third kappa shape index (κ3) is 5.30. The highest BCUT2D eigenvalue weighted by molar-refractivity contribution is 7.87. The first-order chi connectivity index (χ1) is 13.1. The third-order valence-corrected chi connectivity index (χ3v) is 4.24. The molecule has 15 heteroatoms. The van der Waals surface area contributed by atoms with E-state index in [2.05, 4.69) is 19.3 Å². The molecule has 0 spiro atoms. The minimum absolute atomic E-state index is 0.120. The van der Waals surface area contributed by atoms with Gasteiger partial charge in [-0.3, -0.25) is 4.79 Å². The standard InChI is InChI=1S/C14H11F6N3O5S/c1-7-10(23(2)22-12(7)28-29(25,26)14(18,19)20)21-11(24)8-3-5-9(6-4-8)27-13(15,16)17/h3-6H,1-2H3,(H,21,24). The van der Waals surface area contributed by atoms with E-state index in [4.69, 9.17) is 0 Å². The maximum absolute atomic E-state index is 12.4. The lowest BCUT2D eigenvalue weighted by atomic mass is 10.2. The maximum atomic E-state index is 12.4. The molecular weight excluding hydrogens is 436 g/mol. The van der Waals surface area contributed by atoms with Gasteiger partial charge in [-0.1, -0.05) is 0 Å². The van der Waals surface area contributed by atoms with E-state index >= 15 is 0 Å². The Morgan fingerprint density at radius 2 is 1.66 bits per heavy atom. The van der Waals surface area contributed by atoms with Gasteiger partial charge >= 0.3 is 22.0 Å². The molecule has 29 heavy (non-hydrogen) atoms. The molecule has 2 aromatic rings. The lowest BCUT2D eigenvalue weighted by Gasteiger charge is -2.10. The van der Waals surface area contributed by atoms with Crippen LogP contribution in [0.15, 0.2) is 24.3 Å². The van der Waals surface area contributed by atoms with Crippen LogP contribution in [0.25, 0.3) is 0 Å². The minimum atomic E-state index is -5.97. The van der Waals surface area contributed by atoms with Crippen LogP contribution in [0.4, 0.5) is 32.2 Å².